The highest BCUT2D eigenvalue weighted by atomic mass is 79.9. The topological polar surface area (TPSA) is 79.5 Å². The number of hydrogen-bond acceptors (Lipinski definition) is 3. The molecule has 0 aliphatic carbocycles. The van der Waals surface area contributed by atoms with Gasteiger partial charge in [0.1, 0.15) is 5.75 Å². The summed E-state index contributed by atoms with van der Waals surface area (Å²) in [6, 6.07) is 13.1. The van der Waals surface area contributed by atoms with Crippen LogP contribution in [-0.4, -0.2) is 19.0 Å². The molecule has 0 aliphatic rings. The Kier molecular flexibility index (Phi) is 5.37. The molecule has 114 valence electrons. The lowest BCUT2D eigenvalue weighted by Crippen LogP contribution is -2.43. The van der Waals surface area contributed by atoms with Crippen LogP contribution in [0.25, 0.3) is 0 Å². The molecule has 7 heteroatoms. The van der Waals surface area contributed by atoms with E-state index >= 15 is 0 Å². The molecule has 0 unspecified atom stereocenters. The number of methoxy groups -OCH3 is 1. The molecular weight excluding hydrogens is 350 g/mol. The van der Waals surface area contributed by atoms with Crippen LogP contribution in [0.3, 0.4) is 0 Å². The maximum Gasteiger partial charge on any atom is 0.338 e. The summed E-state index contributed by atoms with van der Waals surface area (Å²) in [7, 11) is 1.51. The minimum Gasteiger partial charge on any atom is -0.495 e. The quantitative estimate of drug-likeness (QED) is 0.733. The second kappa shape index (κ2) is 7.46. The van der Waals surface area contributed by atoms with Gasteiger partial charge in [0.15, 0.2) is 0 Å². The van der Waals surface area contributed by atoms with Gasteiger partial charge in [-0.3, -0.25) is 10.2 Å². The van der Waals surface area contributed by atoms with Gasteiger partial charge in [0.25, 0.3) is 5.91 Å². The van der Waals surface area contributed by atoms with Crippen molar-refractivity contribution in [1.82, 2.24) is 10.9 Å². The Morgan fingerprint density at radius 3 is 2.36 bits per heavy atom. The predicted molar refractivity (Wildman–Crippen MR) is 86.8 cm³/mol. The van der Waals surface area contributed by atoms with E-state index in [1.807, 2.05) is 0 Å². The van der Waals surface area contributed by atoms with Crippen LogP contribution in [0.5, 0.6) is 5.75 Å². The number of halogens is 1. The largest absolute Gasteiger partial charge is 0.495 e. The normalized spacial score (nSPS) is 9.73. The predicted octanol–water partition coefficient (Wildman–Crippen LogP) is 2.92. The zero-order valence-corrected chi connectivity index (χ0v) is 13.3. The molecule has 22 heavy (non-hydrogen) atoms. The first kappa shape index (κ1) is 15.8. The van der Waals surface area contributed by atoms with E-state index < -0.39 is 11.9 Å². The third-order valence-corrected chi connectivity index (χ3v) is 3.28. The number of carbonyl (C=O) groups is 2. The van der Waals surface area contributed by atoms with E-state index in [-0.39, 0.29) is 0 Å². The molecule has 2 rings (SSSR count). The first-order valence-corrected chi connectivity index (χ1v) is 7.15. The Bertz CT molecular complexity index is 674. The van der Waals surface area contributed by atoms with Gasteiger partial charge in [0.05, 0.1) is 12.8 Å². The zero-order chi connectivity index (χ0) is 15.9. The highest BCUT2D eigenvalue weighted by Crippen LogP contribution is 2.22. The highest BCUT2D eigenvalue weighted by molar-refractivity contribution is 9.10. The summed E-state index contributed by atoms with van der Waals surface area (Å²) in [6.45, 7) is 0. The van der Waals surface area contributed by atoms with E-state index in [1.54, 1.807) is 48.5 Å². The summed E-state index contributed by atoms with van der Waals surface area (Å²) in [5.74, 6) is 0.111. The fraction of sp³-hybridized carbons (Fsp3) is 0.0667. The van der Waals surface area contributed by atoms with E-state index in [2.05, 4.69) is 32.1 Å². The number of benzene rings is 2. The van der Waals surface area contributed by atoms with E-state index in [1.165, 1.54) is 7.11 Å². The van der Waals surface area contributed by atoms with Crippen molar-refractivity contribution < 1.29 is 14.3 Å². The van der Waals surface area contributed by atoms with Crippen LogP contribution in [-0.2, 0) is 0 Å². The van der Waals surface area contributed by atoms with Gasteiger partial charge >= 0.3 is 6.03 Å². The van der Waals surface area contributed by atoms with E-state index in [0.29, 0.717) is 17.0 Å². The van der Waals surface area contributed by atoms with Crippen molar-refractivity contribution in [2.24, 2.45) is 0 Å². The average Bonchev–Trinajstić information content (AvgIpc) is 2.54. The fourth-order valence-electron chi connectivity index (χ4n) is 1.69. The number of para-hydroxylation sites is 2. The van der Waals surface area contributed by atoms with Crippen LogP contribution >= 0.6 is 15.9 Å². The Balaban J connectivity index is 1.90. The zero-order valence-electron chi connectivity index (χ0n) is 11.7. The maximum absolute atomic E-state index is 11.8. The maximum atomic E-state index is 11.8. The van der Waals surface area contributed by atoms with Crippen molar-refractivity contribution in [2.75, 3.05) is 12.4 Å². The van der Waals surface area contributed by atoms with Crippen molar-refractivity contribution >= 4 is 33.6 Å². The smallest absolute Gasteiger partial charge is 0.338 e. The summed E-state index contributed by atoms with van der Waals surface area (Å²) >= 11 is 3.28. The van der Waals surface area contributed by atoms with Crippen LogP contribution in [0.15, 0.2) is 53.0 Å². The number of ether oxygens (including phenoxy) is 1. The van der Waals surface area contributed by atoms with Crippen molar-refractivity contribution in [3.8, 4) is 5.75 Å². The summed E-state index contributed by atoms with van der Waals surface area (Å²) in [4.78, 5) is 23.6. The highest BCUT2D eigenvalue weighted by Gasteiger charge is 2.09. The molecule has 0 saturated carbocycles. The molecule has 0 radical (unpaired) electrons. The number of nitrogens with one attached hydrogen (secondary N) is 3. The Morgan fingerprint density at radius 2 is 1.68 bits per heavy atom. The van der Waals surface area contributed by atoms with Crippen LogP contribution in [0.2, 0.25) is 0 Å². The van der Waals surface area contributed by atoms with Crippen LogP contribution in [0, 0.1) is 0 Å². The van der Waals surface area contributed by atoms with Gasteiger partial charge in [-0.1, -0.05) is 28.1 Å². The molecule has 0 bridgehead atoms. The number of urea groups is 1. The average molecular weight is 364 g/mol. The lowest BCUT2D eigenvalue weighted by Gasteiger charge is -2.11. The van der Waals surface area contributed by atoms with Gasteiger partial charge in [-0.25, -0.2) is 10.2 Å². The lowest BCUT2D eigenvalue weighted by atomic mass is 10.2. The molecule has 0 saturated heterocycles. The molecule has 2 aromatic carbocycles. The van der Waals surface area contributed by atoms with Gasteiger partial charge < -0.3 is 10.1 Å². The van der Waals surface area contributed by atoms with Gasteiger partial charge in [-0.05, 0) is 36.4 Å². The standard InChI is InChI=1S/C15H14BrN3O3/c1-22-13-5-3-2-4-12(13)17-15(21)19-18-14(20)10-6-8-11(16)9-7-10/h2-9H,1H3,(H,18,20)(H2,17,19,21). The number of amides is 3. The molecule has 6 nitrogen and oxygen atoms in total. The monoisotopic (exact) mass is 363 g/mol. The second-order valence-electron chi connectivity index (χ2n) is 4.24. The summed E-state index contributed by atoms with van der Waals surface area (Å²) in [5, 5.41) is 2.58. The molecule has 2 aromatic rings. The molecule has 3 amide bonds. The summed E-state index contributed by atoms with van der Waals surface area (Å²) in [5.41, 5.74) is 5.53. The number of hydrogen-bond donors (Lipinski definition) is 3. The minimum absolute atomic E-state index is 0.414. The van der Waals surface area contributed by atoms with E-state index in [9.17, 15) is 9.59 Å². The lowest BCUT2D eigenvalue weighted by molar-refractivity contribution is 0.0938. The second-order valence-corrected chi connectivity index (χ2v) is 5.16. The summed E-state index contributed by atoms with van der Waals surface area (Å²) in [6.07, 6.45) is 0. The van der Waals surface area contributed by atoms with Crippen molar-refractivity contribution in [3.63, 3.8) is 0 Å². The van der Waals surface area contributed by atoms with Crippen LogP contribution in [0.4, 0.5) is 10.5 Å². The molecular formula is C15H14BrN3O3. The molecule has 3 N–H and O–H groups in total. The Morgan fingerprint density at radius 1 is 1.00 bits per heavy atom. The molecule has 0 aliphatic heterocycles. The Labute approximate surface area is 136 Å². The third kappa shape index (κ3) is 4.23. The van der Waals surface area contributed by atoms with Crippen LogP contribution in [0.1, 0.15) is 10.4 Å². The molecule has 0 spiro atoms. The summed E-state index contributed by atoms with van der Waals surface area (Å²) < 4.78 is 5.98. The van der Waals surface area contributed by atoms with Crippen molar-refractivity contribution in [1.29, 1.82) is 0 Å². The third-order valence-electron chi connectivity index (χ3n) is 2.75. The molecule has 0 aromatic heterocycles. The first-order chi connectivity index (χ1) is 10.6. The van der Waals surface area contributed by atoms with Crippen molar-refractivity contribution in [2.45, 2.75) is 0 Å². The van der Waals surface area contributed by atoms with Crippen molar-refractivity contribution in [3.05, 3.63) is 58.6 Å². The van der Waals surface area contributed by atoms with Crippen LogP contribution < -0.4 is 20.9 Å². The van der Waals surface area contributed by atoms with E-state index in [4.69, 9.17) is 4.74 Å². The van der Waals surface area contributed by atoms with E-state index in [0.717, 1.165) is 4.47 Å². The molecule has 0 heterocycles. The molecule has 0 fully saturated rings. The SMILES string of the molecule is COc1ccccc1NC(=O)NNC(=O)c1ccc(Br)cc1. The van der Waals surface area contributed by atoms with Gasteiger partial charge in [-0.15, -0.1) is 0 Å². The number of anilines is 1. The fourth-order valence-corrected chi connectivity index (χ4v) is 1.95. The number of rotatable bonds is 3. The number of carbonyl (C=O) groups excluding carboxylic acids is 2. The number of hydrazine groups is 1. The minimum atomic E-state index is -0.574. The van der Waals surface area contributed by atoms with Gasteiger partial charge in [0.2, 0.25) is 0 Å². The molecule has 0 atom stereocenters. The van der Waals surface area contributed by atoms with Gasteiger partial charge in [-0.2, -0.15) is 0 Å². The first-order valence-electron chi connectivity index (χ1n) is 6.36. The Hall–Kier alpha value is -2.54. The van der Waals surface area contributed by atoms with Gasteiger partial charge in [0, 0.05) is 10.0 Å².